The van der Waals surface area contributed by atoms with E-state index in [0.717, 1.165) is 51.0 Å². The standard InChI is InChI=1S/C24H32N4O3/c1-25-10-5-11-26(13-12-25)24(31)20-14-19-15-27(23(30)18-8-9-18)16-21(29)28(19)22(20)17-6-3-2-4-7-17/h2-4,6-7,18-20,22H,5,8-16H2,1H3/t19-,20-,22-/m1/s1. The van der Waals surface area contributed by atoms with Gasteiger partial charge in [0.05, 0.1) is 24.5 Å². The molecule has 0 aromatic heterocycles. The first-order valence-electron chi connectivity index (χ1n) is 11.6. The van der Waals surface area contributed by atoms with Crippen molar-refractivity contribution >= 4 is 17.7 Å². The minimum absolute atomic E-state index is 0.0231. The third-order valence-electron chi connectivity index (χ3n) is 7.37. The van der Waals surface area contributed by atoms with Crippen molar-refractivity contribution in [3.8, 4) is 0 Å². The lowest BCUT2D eigenvalue weighted by molar-refractivity contribution is -0.150. The van der Waals surface area contributed by atoms with Crippen LogP contribution >= 0.6 is 0 Å². The molecular weight excluding hydrogens is 392 g/mol. The summed E-state index contributed by atoms with van der Waals surface area (Å²) < 4.78 is 0. The molecule has 0 spiro atoms. The SMILES string of the molecule is CN1CCCN(C(=O)[C@@H]2C[C@@H]3CN(C(=O)C4CC4)CC(=O)N3[C@@H]2c2ccccc2)CC1. The minimum Gasteiger partial charge on any atom is -0.341 e. The van der Waals surface area contributed by atoms with Gasteiger partial charge in [-0.3, -0.25) is 14.4 Å². The number of fused-ring (bicyclic) bond motifs is 1. The van der Waals surface area contributed by atoms with E-state index in [-0.39, 0.29) is 48.2 Å². The van der Waals surface area contributed by atoms with E-state index in [0.29, 0.717) is 13.0 Å². The summed E-state index contributed by atoms with van der Waals surface area (Å²) in [6.07, 6.45) is 3.48. The number of likely N-dealkylation sites (N-methyl/N-ethyl adjacent to an activating group) is 1. The number of nitrogens with zero attached hydrogens (tertiary/aromatic N) is 4. The second-order valence-electron chi connectivity index (χ2n) is 9.63. The van der Waals surface area contributed by atoms with Gasteiger partial charge in [0.25, 0.3) is 0 Å². The lowest BCUT2D eigenvalue weighted by Crippen LogP contribution is -2.56. The maximum Gasteiger partial charge on any atom is 0.243 e. The number of piperazine rings is 1. The molecule has 1 saturated carbocycles. The van der Waals surface area contributed by atoms with Gasteiger partial charge < -0.3 is 19.6 Å². The Morgan fingerprint density at radius 3 is 2.45 bits per heavy atom. The Labute approximate surface area is 184 Å². The molecular formula is C24H32N4O3. The average Bonchev–Trinajstić information content (AvgIpc) is 3.58. The minimum atomic E-state index is -0.254. The summed E-state index contributed by atoms with van der Waals surface area (Å²) in [5.41, 5.74) is 1.02. The van der Waals surface area contributed by atoms with Gasteiger partial charge in [0.15, 0.2) is 0 Å². The molecule has 4 fully saturated rings. The van der Waals surface area contributed by atoms with Crippen molar-refractivity contribution in [2.45, 2.75) is 37.8 Å². The molecule has 3 aliphatic heterocycles. The van der Waals surface area contributed by atoms with E-state index in [4.69, 9.17) is 0 Å². The van der Waals surface area contributed by atoms with Crippen molar-refractivity contribution in [2.75, 3.05) is 46.3 Å². The molecule has 5 rings (SSSR count). The number of hydrogen-bond donors (Lipinski definition) is 0. The van der Waals surface area contributed by atoms with E-state index in [9.17, 15) is 14.4 Å². The lowest BCUT2D eigenvalue weighted by atomic mass is 9.91. The van der Waals surface area contributed by atoms with Crippen LogP contribution in [0.5, 0.6) is 0 Å². The van der Waals surface area contributed by atoms with Gasteiger partial charge in [0.2, 0.25) is 17.7 Å². The van der Waals surface area contributed by atoms with Gasteiger partial charge in [-0.15, -0.1) is 0 Å². The molecule has 3 atom stereocenters. The van der Waals surface area contributed by atoms with Gasteiger partial charge in [0.1, 0.15) is 0 Å². The number of hydrogen-bond acceptors (Lipinski definition) is 4. The summed E-state index contributed by atoms with van der Waals surface area (Å²) in [6.45, 7) is 4.08. The molecule has 3 heterocycles. The first kappa shape index (κ1) is 20.5. The normalized spacial score (nSPS) is 29.6. The predicted octanol–water partition coefficient (Wildman–Crippen LogP) is 1.36. The van der Waals surface area contributed by atoms with E-state index >= 15 is 0 Å². The first-order chi connectivity index (χ1) is 15.0. The highest BCUT2D eigenvalue weighted by Crippen LogP contribution is 2.44. The Bertz CT molecular complexity index is 856. The molecule has 166 valence electrons. The van der Waals surface area contributed by atoms with Crippen LogP contribution < -0.4 is 0 Å². The number of benzene rings is 1. The van der Waals surface area contributed by atoms with Crippen molar-refractivity contribution in [3.05, 3.63) is 35.9 Å². The fourth-order valence-corrected chi connectivity index (χ4v) is 5.58. The molecule has 7 heteroatoms. The van der Waals surface area contributed by atoms with Crippen molar-refractivity contribution in [1.29, 1.82) is 0 Å². The fraction of sp³-hybridized carbons (Fsp3) is 0.625. The second kappa shape index (κ2) is 8.26. The molecule has 7 nitrogen and oxygen atoms in total. The average molecular weight is 425 g/mol. The first-order valence-corrected chi connectivity index (χ1v) is 11.6. The zero-order valence-corrected chi connectivity index (χ0v) is 18.3. The van der Waals surface area contributed by atoms with Crippen LogP contribution in [0.25, 0.3) is 0 Å². The van der Waals surface area contributed by atoms with Gasteiger partial charge in [-0.05, 0) is 44.8 Å². The lowest BCUT2D eigenvalue weighted by Gasteiger charge is -2.40. The molecule has 1 aliphatic carbocycles. The third-order valence-corrected chi connectivity index (χ3v) is 7.37. The van der Waals surface area contributed by atoms with Crippen LogP contribution in [-0.2, 0) is 14.4 Å². The maximum absolute atomic E-state index is 13.7. The number of carbonyl (C=O) groups is 3. The van der Waals surface area contributed by atoms with E-state index in [1.807, 2.05) is 40.1 Å². The molecule has 0 unspecified atom stereocenters. The number of amides is 3. The maximum atomic E-state index is 13.7. The van der Waals surface area contributed by atoms with Crippen LogP contribution in [0.4, 0.5) is 0 Å². The Kier molecular flexibility index (Phi) is 5.46. The van der Waals surface area contributed by atoms with Gasteiger partial charge in [-0.25, -0.2) is 0 Å². The molecule has 0 radical (unpaired) electrons. The number of carbonyl (C=O) groups excluding carboxylic acids is 3. The second-order valence-corrected chi connectivity index (χ2v) is 9.63. The highest BCUT2D eigenvalue weighted by Gasteiger charge is 2.52. The van der Waals surface area contributed by atoms with E-state index in [1.165, 1.54) is 0 Å². The van der Waals surface area contributed by atoms with Crippen LogP contribution in [-0.4, -0.2) is 89.7 Å². The van der Waals surface area contributed by atoms with Gasteiger partial charge in [-0.2, -0.15) is 0 Å². The highest BCUT2D eigenvalue weighted by atomic mass is 16.2. The molecule has 1 aromatic rings. The van der Waals surface area contributed by atoms with Crippen LogP contribution in [0.15, 0.2) is 30.3 Å². The van der Waals surface area contributed by atoms with Gasteiger partial charge in [0, 0.05) is 32.1 Å². The van der Waals surface area contributed by atoms with Crippen molar-refractivity contribution in [1.82, 2.24) is 19.6 Å². The zero-order chi connectivity index (χ0) is 21.5. The van der Waals surface area contributed by atoms with Crippen LogP contribution in [0.2, 0.25) is 0 Å². The van der Waals surface area contributed by atoms with Crippen LogP contribution in [0.1, 0.15) is 37.3 Å². The van der Waals surface area contributed by atoms with Gasteiger partial charge in [-0.1, -0.05) is 30.3 Å². The summed E-state index contributed by atoms with van der Waals surface area (Å²) in [4.78, 5) is 47.6. The topological polar surface area (TPSA) is 64.2 Å². The van der Waals surface area contributed by atoms with Crippen LogP contribution in [0.3, 0.4) is 0 Å². The number of rotatable bonds is 3. The molecule has 0 N–H and O–H groups in total. The van der Waals surface area contributed by atoms with E-state index < -0.39 is 0 Å². The van der Waals surface area contributed by atoms with Crippen LogP contribution in [0, 0.1) is 11.8 Å². The van der Waals surface area contributed by atoms with Crippen molar-refractivity contribution < 1.29 is 14.4 Å². The summed E-state index contributed by atoms with van der Waals surface area (Å²) in [7, 11) is 2.10. The zero-order valence-electron chi connectivity index (χ0n) is 18.3. The molecule has 31 heavy (non-hydrogen) atoms. The molecule has 3 amide bonds. The monoisotopic (exact) mass is 424 g/mol. The molecule has 1 aromatic carbocycles. The molecule has 0 bridgehead atoms. The van der Waals surface area contributed by atoms with Crippen molar-refractivity contribution in [2.24, 2.45) is 11.8 Å². The Morgan fingerprint density at radius 2 is 1.71 bits per heavy atom. The van der Waals surface area contributed by atoms with Crippen molar-refractivity contribution in [3.63, 3.8) is 0 Å². The molecule has 4 aliphatic rings. The Balaban J connectivity index is 1.42. The summed E-state index contributed by atoms with van der Waals surface area (Å²) >= 11 is 0. The summed E-state index contributed by atoms with van der Waals surface area (Å²) in [5, 5.41) is 0. The summed E-state index contributed by atoms with van der Waals surface area (Å²) in [6, 6.07) is 9.64. The van der Waals surface area contributed by atoms with E-state index in [2.05, 4.69) is 11.9 Å². The molecule has 3 saturated heterocycles. The summed E-state index contributed by atoms with van der Waals surface area (Å²) in [5.74, 6) is 0.110. The highest BCUT2D eigenvalue weighted by molar-refractivity contribution is 5.90. The quantitative estimate of drug-likeness (QED) is 0.735. The Morgan fingerprint density at radius 1 is 0.935 bits per heavy atom. The largest absolute Gasteiger partial charge is 0.341 e. The van der Waals surface area contributed by atoms with E-state index in [1.54, 1.807) is 4.90 Å². The third kappa shape index (κ3) is 3.95. The fourth-order valence-electron chi connectivity index (χ4n) is 5.58. The smallest absolute Gasteiger partial charge is 0.243 e. The van der Waals surface area contributed by atoms with Gasteiger partial charge >= 0.3 is 0 Å². The Hall–Kier alpha value is -2.41. The predicted molar refractivity (Wildman–Crippen MR) is 116 cm³/mol.